The second-order valence-electron chi connectivity index (χ2n) is 7.15. The van der Waals surface area contributed by atoms with Crippen molar-refractivity contribution in [3.05, 3.63) is 77.5 Å². The molecule has 4 rings (SSSR count). The van der Waals surface area contributed by atoms with Crippen molar-refractivity contribution in [3.8, 4) is 23.0 Å². The summed E-state index contributed by atoms with van der Waals surface area (Å²) < 4.78 is 7.08. The Bertz CT molecular complexity index is 1100. The Morgan fingerprint density at radius 2 is 1.80 bits per heavy atom. The minimum Gasteiger partial charge on any atom is -0.378 e. The van der Waals surface area contributed by atoms with E-state index < -0.39 is 0 Å². The summed E-state index contributed by atoms with van der Waals surface area (Å²) in [6.07, 6.45) is 3.49. The zero-order valence-corrected chi connectivity index (χ0v) is 16.8. The van der Waals surface area contributed by atoms with Crippen LogP contribution >= 0.6 is 0 Å². The molecule has 0 N–H and O–H groups in total. The zero-order chi connectivity index (χ0) is 20.9. The molecule has 1 aliphatic heterocycles. The van der Waals surface area contributed by atoms with Crippen LogP contribution in [0.3, 0.4) is 0 Å². The van der Waals surface area contributed by atoms with E-state index in [0.717, 1.165) is 28.1 Å². The number of carbonyl (C=O) groups is 1. The third-order valence-electron chi connectivity index (χ3n) is 5.04. The second-order valence-corrected chi connectivity index (χ2v) is 7.15. The fourth-order valence-electron chi connectivity index (χ4n) is 3.38. The minimum absolute atomic E-state index is 0.0953. The van der Waals surface area contributed by atoms with E-state index in [2.05, 4.69) is 6.07 Å². The fourth-order valence-corrected chi connectivity index (χ4v) is 3.38. The number of benzene rings is 2. The molecule has 6 heteroatoms. The van der Waals surface area contributed by atoms with E-state index in [1.54, 1.807) is 15.7 Å². The van der Waals surface area contributed by atoms with Gasteiger partial charge in [0.2, 0.25) is 0 Å². The molecule has 0 aliphatic carbocycles. The zero-order valence-electron chi connectivity index (χ0n) is 16.8. The second kappa shape index (κ2) is 8.76. The number of amides is 1. The Morgan fingerprint density at radius 3 is 2.47 bits per heavy atom. The molecule has 1 amide bonds. The molecule has 0 saturated carbocycles. The number of aryl methyl sites for hydroxylation is 1. The number of rotatable bonds is 4. The van der Waals surface area contributed by atoms with E-state index >= 15 is 0 Å². The average Bonchev–Trinajstić information content (AvgIpc) is 3.22. The number of carbonyl (C=O) groups excluding carboxylic acids is 1. The molecule has 6 nitrogen and oxygen atoms in total. The van der Waals surface area contributed by atoms with Crippen molar-refractivity contribution in [2.75, 3.05) is 26.3 Å². The fraction of sp³-hybridized carbons (Fsp3) is 0.208. The number of para-hydroxylation sites is 1. The normalized spacial score (nSPS) is 14.4. The molecule has 1 aromatic heterocycles. The summed E-state index contributed by atoms with van der Waals surface area (Å²) in [5.41, 5.74) is 4.53. The average molecular weight is 398 g/mol. The van der Waals surface area contributed by atoms with Crippen LogP contribution in [0.5, 0.6) is 0 Å². The van der Waals surface area contributed by atoms with Crippen molar-refractivity contribution in [2.45, 2.75) is 6.92 Å². The molecule has 0 unspecified atom stereocenters. The third-order valence-corrected chi connectivity index (χ3v) is 5.04. The lowest BCUT2D eigenvalue weighted by Gasteiger charge is -2.26. The smallest absolute Gasteiger partial charge is 0.264 e. The van der Waals surface area contributed by atoms with Gasteiger partial charge in [-0.25, -0.2) is 4.68 Å². The largest absolute Gasteiger partial charge is 0.378 e. The summed E-state index contributed by atoms with van der Waals surface area (Å²) in [6.45, 7) is 4.00. The van der Waals surface area contributed by atoms with Crippen LogP contribution in [-0.4, -0.2) is 46.9 Å². The van der Waals surface area contributed by atoms with E-state index in [4.69, 9.17) is 9.84 Å². The van der Waals surface area contributed by atoms with Crippen LogP contribution in [-0.2, 0) is 9.53 Å². The molecule has 30 heavy (non-hydrogen) atoms. The van der Waals surface area contributed by atoms with Crippen molar-refractivity contribution >= 4 is 12.0 Å². The van der Waals surface area contributed by atoms with Gasteiger partial charge in [0, 0.05) is 30.4 Å². The lowest BCUT2D eigenvalue weighted by atomic mass is 10.0. The van der Waals surface area contributed by atoms with Crippen LogP contribution in [0.2, 0.25) is 0 Å². The standard InChI is InChI=1S/C24H22N4O2/c1-18-7-9-19(10-8-18)23-21(17-28(26-23)22-5-3-2-4-6-22)15-20(16-25)24(29)27-11-13-30-14-12-27/h2-10,15,17H,11-14H2,1H3. The van der Waals surface area contributed by atoms with E-state index in [-0.39, 0.29) is 11.5 Å². The van der Waals surface area contributed by atoms with Gasteiger partial charge in [0.1, 0.15) is 11.6 Å². The van der Waals surface area contributed by atoms with Gasteiger partial charge >= 0.3 is 0 Å². The van der Waals surface area contributed by atoms with Gasteiger partial charge in [0.05, 0.1) is 24.6 Å². The summed E-state index contributed by atoms with van der Waals surface area (Å²) in [5, 5.41) is 14.4. The molecule has 2 aromatic carbocycles. The topological polar surface area (TPSA) is 71.2 Å². The van der Waals surface area contributed by atoms with Crippen molar-refractivity contribution < 1.29 is 9.53 Å². The predicted molar refractivity (Wildman–Crippen MR) is 115 cm³/mol. The van der Waals surface area contributed by atoms with Crippen molar-refractivity contribution in [3.63, 3.8) is 0 Å². The van der Waals surface area contributed by atoms with Crippen molar-refractivity contribution in [1.82, 2.24) is 14.7 Å². The molecule has 2 heterocycles. The Morgan fingerprint density at radius 1 is 1.10 bits per heavy atom. The Kier molecular flexibility index (Phi) is 5.73. The summed E-state index contributed by atoms with van der Waals surface area (Å²) in [6, 6.07) is 19.9. The Hall–Kier alpha value is -3.69. The third kappa shape index (κ3) is 4.17. The number of nitriles is 1. The van der Waals surface area contributed by atoms with Crippen LogP contribution in [0, 0.1) is 18.3 Å². The first-order chi connectivity index (χ1) is 14.7. The summed E-state index contributed by atoms with van der Waals surface area (Å²) in [4.78, 5) is 14.5. The van der Waals surface area contributed by atoms with Gasteiger partial charge in [-0.05, 0) is 25.1 Å². The van der Waals surface area contributed by atoms with Gasteiger partial charge < -0.3 is 9.64 Å². The number of nitrogens with zero attached hydrogens (tertiary/aromatic N) is 4. The lowest BCUT2D eigenvalue weighted by Crippen LogP contribution is -2.41. The maximum absolute atomic E-state index is 12.9. The first-order valence-corrected chi connectivity index (χ1v) is 9.86. The van der Waals surface area contributed by atoms with Crippen molar-refractivity contribution in [2.24, 2.45) is 0 Å². The number of ether oxygens (including phenoxy) is 1. The molecular weight excluding hydrogens is 376 g/mol. The van der Waals surface area contributed by atoms with Gasteiger partial charge in [-0.15, -0.1) is 0 Å². The van der Waals surface area contributed by atoms with Crippen LogP contribution < -0.4 is 0 Å². The van der Waals surface area contributed by atoms with E-state index in [1.807, 2.05) is 67.7 Å². The van der Waals surface area contributed by atoms with Gasteiger partial charge in [-0.2, -0.15) is 10.4 Å². The molecule has 0 spiro atoms. The number of hydrogen-bond acceptors (Lipinski definition) is 4. The minimum atomic E-state index is -0.275. The van der Waals surface area contributed by atoms with Crippen LogP contribution in [0.4, 0.5) is 0 Å². The molecule has 150 valence electrons. The van der Waals surface area contributed by atoms with Crippen LogP contribution in [0.25, 0.3) is 23.0 Å². The monoisotopic (exact) mass is 398 g/mol. The van der Waals surface area contributed by atoms with Gasteiger partial charge in [-0.3, -0.25) is 4.79 Å². The molecule has 1 saturated heterocycles. The quantitative estimate of drug-likeness (QED) is 0.497. The number of aromatic nitrogens is 2. The molecule has 1 fully saturated rings. The highest BCUT2D eigenvalue weighted by Gasteiger charge is 2.22. The maximum Gasteiger partial charge on any atom is 0.264 e. The van der Waals surface area contributed by atoms with Gasteiger partial charge in [0.15, 0.2) is 0 Å². The predicted octanol–water partition coefficient (Wildman–Crippen LogP) is 3.61. The first-order valence-electron chi connectivity index (χ1n) is 9.86. The highest BCUT2D eigenvalue weighted by atomic mass is 16.5. The molecule has 3 aromatic rings. The van der Waals surface area contributed by atoms with Gasteiger partial charge in [0.25, 0.3) is 5.91 Å². The molecular formula is C24H22N4O2. The molecule has 1 aliphatic rings. The Labute approximate surface area is 175 Å². The lowest BCUT2D eigenvalue weighted by molar-refractivity contribution is -0.130. The molecule has 0 atom stereocenters. The Balaban J connectivity index is 1.77. The number of morpholine rings is 1. The molecule has 0 radical (unpaired) electrons. The highest BCUT2D eigenvalue weighted by Crippen LogP contribution is 2.26. The van der Waals surface area contributed by atoms with E-state index in [9.17, 15) is 10.1 Å². The summed E-state index contributed by atoms with van der Waals surface area (Å²) >= 11 is 0. The SMILES string of the molecule is Cc1ccc(-c2nn(-c3ccccc3)cc2C=C(C#N)C(=O)N2CCOCC2)cc1. The van der Waals surface area contributed by atoms with Crippen molar-refractivity contribution in [1.29, 1.82) is 5.26 Å². The van der Waals surface area contributed by atoms with E-state index in [0.29, 0.717) is 26.3 Å². The first kappa shape index (κ1) is 19.6. The number of hydrogen-bond donors (Lipinski definition) is 0. The van der Waals surface area contributed by atoms with Gasteiger partial charge in [-0.1, -0.05) is 48.0 Å². The van der Waals surface area contributed by atoms with E-state index in [1.165, 1.54) is 0 Å². The molecule has 0 bridgehead atoms. The highest BCUT2D eigenvalue weighted by molar-refractivity contribution is 6.02. The summed E-state index contributed by atoms with van der Waals surface area (Å²) in [7, 11) is 0. The van der Waals surface area contributed by atoms with Crippen LogP contribution in [0.15, 0.2) is 66.4 Å². The maximum atomic E-state index is 12.9. The summed E-state index contributed by atoms with van der Waals surface area (Å²) in [5.74, 6) is -0.275. The van der Waals surface area contributed by atoms with Crippen LogP contribution in [0.1, 0.15) is 11.1 Å².